The van der Waals surface area contributed by atoms with Gasteiger partial charge in [-0.3, -0.25) is 14.4 Å². The summed E-state index contributed by atoms with van der Waals surface area (Å²) >= 11 is 0. The van der Waals surface area contributed by atoms with Crippen LogP contribution in [-0.4, -0.2) is 42.8 Å². The number of nitrogens with one attached hydrogen (secondary N) is 1. The molecule has 0 fully saturated rings. The molecule has 7 heteroatoms. The summed E-state index contributed by atoms with van der Waals surface area (Å²) in [4.78, 5) is 46.7. The standard InChI is InChI=1S/C21H28BNO5/c1-13(24)6-4-9-21(27)23-20-11-16-7-5-8-17(18(16)12-22-20)19(26)10-14(2)28-15(3)25/h5,7-8,14,20,22H,4,6,9-12H2,1-3H3,(H,23,27)/t14?,20-/m0/s1. The molecule has 1 aromatic carbocycles. The molecule has 1 heterocycles. The molecule has 1 aliphatic heterocycles. The summed E-state index contributed by atoms with van der Waals surface area (Å²) in [6, 6.07) is 5.68. The Balaban J connectivity index is 1.96. The average molecular weight is 385 g/mol. The number of ether oxygens (including phenoxy) is 1. The fourth-order valence-corrected chi connectivity index (χ4v) is 3.69. The Morgan fingerprint density at radius 1 is 1.21 bits per heavy atom. The Kier molecular flexibility index (Phi) is 7.97. The van der Waals surface area contributed by atoms with Gasteiger partial charge in [-0.1, -0.05) is 18.2 Å². The van der Waals surface area contributed by atoms with Crippen molar-refractivity contribution < 1.29 is 23.9 Å². The molecule has 0 radical (unpaired) electrons. The summed E-state index contributed by atoms with van der Waals surface area (Å²) in [7, 11) is 0.773. The average Bonchev–Trinajstić information content (AvgIpc) is 2.59. The second kappa shape index (κ2) is 10.2. The predicted molar refractivity (Wildman–Crippen MR) is 108 cm³/mol. The minimum Gasteiger partial charge on any atom is -0.462 e. The van der Waals surface area contributed by atoms with Gasteiger partial charge in [-0.05, 0) is 44.1 Å². The minimum absolute atomic E-state index is 0.0303. The van der Waals surface area contributed by atoms with Crippen LogP contribution in [-0.2, 0) is 31.9 Å². The van der Waals surface area contributed by atoms with Crippen molar-refractivity contribution in [3.8, 4) is 0 Å². The number of amides is 1. The first-order valence-electron chi connectivity index (χ1n) is 9.86. The molecular formula is C21H28BNO5. The highest BCUT2D eigenvalue weighted by Crippen LogP contribution is 2.23. The maximum absolute atomic E-state index is 12.7. The van der Waals surface area contributed by atoms with Crippen LogP contribution in [0, 0.1) is 0 Å². The summed E-state index contributed by atoms with van der Waals surface area (Å²) < 4.78 is 5.07. The van der Waals surface area contributed by atoms with E-state index in [1.165, 1.54) is 13.8 Å². The molecule has 2 rings (SSSR count). The highest BCUT2D eigenvalue weighted by atomic mass is 16.5. The molecule has 0 saturated heterocycles. The maximum Gasteiger partial charge on any atom is 0.302 e. The predicted octanol–water partition coefficient (Wildman–Crippen LogP) is 1.91. The summed E-state index contributed by atoms with van der Waals surface area (Å²) in [6.45, 7) is 4.58. The van der Waals surface area contributed by atoms with Crippen molar-refractivity contribution in [3.63, 3.8) is 0 Å². The van der Waals surface area contributed by atoms with E-state index in [1.54, 1.807) is 6.92 Å². The van der Waals surface area contributed by atoms with Crippen LogP contribution >= 0.6 is 0 Å². The van der Waals surface area contributed by atoms with Gasteiger partial charge in [-0.2, -0.15) is 0 Å². The Bertz CT molecular complexity index is 761. The van der Waals surface area contributed by atoms with E-state index in [0.29, 0.717) is 31.2 Å². The molecule has 6 nitrogen and oxygen atoms in total. The molecule has 1 amide bonds. The Hall–Kier alpha value is -2.44. The van der Waals surface area contributed by atoms with Gasteiger partial charge in [0.1, 0.15) is 11.9 Å². The number of carbonyl (C=O) groups is 4. The molecule has 0 bridgehead atoms. The van der Waals surface area contributed by atoms with Crippen LogP contribution in [0.4, 0.5) is 0 Å². The summed E-state index contributed by atoms with van der Waals surface area (Å²) in [5, 5.41) is 3.04. The molecule has 1 unspecified atom stereocenters. The lowest BCUT2D eigenvalue weighted by Crippen LogP contribution is -2.44. The van der Waals surface area contributed by atoms with Crippen LogP contribution in [0.5, 0.6) is 0 Å². The molecule has 1 aliphatic rings. The third kappa shape index (κ3) is 6.62. The number of fused-ring (bicyclic) bond motifs is 1. The smallest absolute Gasteiger partial charge is 0.302 e. The van der Waals surface area contributed by atoms with Crippen LogP contribution in [0.2, 0.25) is 0 Å². The SMILES string of the molecule is CC(=O)CCCC(=O)N[C@@H]1BCc2c(cccc2C(=O)CC(C)OC(C)=O)C1. The number of benzene rings is 1. The number of hydrogen-bond acceptors (Lipinski definition) is 5. The van der Waals surface area contributed by atoms with E-state index in [0.717, 1.165) is 24.7 Å². The zero-order valence-electron chi connectivity index (χ0n) is 16.9. The number of Topliss-reactive ketones (excluding diaryl/α,β-unsaturated/α-hetero) is 2. The highest BCUT2D eigenvalue weighted by molar-refractivity contribution is 6.38. The van der Waals surface area contributed by atoms with Crippen molar-refractivity contribution >= 4 is 30.7 Å². The quantitative estimate of drug-likeness (QED) is 0.399. The van der Waals surface area contributed by atoms with Crippen molar-refractivity contribution in [2.75, 3.05) is 0 Å². The first kappa shape index (κ1) is 21.9. The Morgan fingerprint density at radius 2 is 1.96 bits per heavy atom. The van der Waals surface area contributed by atoms with E-state index in [-0.39, 0.29) is 29.8 Å². The summed E-state index contributed by atoms with van der Waals surface area (Å²) in [5.41, 5.74) is 2.79. The largest absolute Gasteiger partial charge is 0.462 e. The molecular weight excluding hydrogens is 357 g/mol. The normalized spacial score (nSPS) is 16.3. The van der Waals surface area contributed by atoms with Gasteiger partial charge in [-0.15, -0.1) is 0 Å². The van der Waals surface area contributed by atoms with E-state index < -0.39 is 12.1 Å². The van der Waals surface area contributed by atoms with Crippen molar-refractivity contribution in [2.45, 2.75) is 71.2 Å². The second-order valence-corrected chi connectivity index (χ2v) is 7.55. The molecule has 28 heavy (non-hydrogen) atoms. The van der Waals surface area contributed by atoms with E-state index in [9.17, 15) is 19.2 Å². The van der Waals surface area contributed by atoms with Gasteiger partial charge in [0.2, 0.25) is 5.91 Å². The fourth-order valence-electron chi connectivity index (χ4n) is 3.69. The molecule has 0 spiro atoms. The summed E-state index contributed by atoms with van der Waals surface area (Å²) in [6.07, 6.45) is 2.47. The van der Waals surface area contributed by atoms with Gasteiger partial charge < -0.3 is 14.8 Å². The number of rotatable bonds is 9. The molecule has 0 aliphatic carbocycles. The second-order valence-electron chi connectivity index (χ2n) is 7.55. The van der Waals surface area contributed by atoms with Crippen LogP contribution < -0.4 is 5.32 Å². The van der Waals surface area contributed by atoms with E-state index in [1.807, 2.05) is 18.2 Å². The third-order valence-corrected chi connectivity index (χ3v) is 4.92. The van der Waals surface area contributed by atoms with Gasteiger partial charge in [0.05, 0.1) is 0 Å². The topological polar surface area (TPSA) is 89.5 Å². The zero-order chi connectivity index (χ0) is 20.7. The molecule has 0 aromatic heterocycles. The van der Waals surface area contributed by atoms with Crippen LogP contribution in [0.3, 0.4) is 0 Å². The first-order chi connectivity index (χ1) is 13.3. The number of hydrogen-bond donors (Lipinski definition) is 1. The molecule has 0 saturated carbocycles. The van der Waals surface area contributed by atoms with Gasteiger partial charge in [0.15, 0.2) is 13.1 Å². The lowest BCUT2D eigenvalue weighted by atomic mass is 9.57. The lowest BCUT2D eigenvalue weighted by Gasteiger charge is -2.26. The van der Waals surface area contributed by atoms with Crippen LogP contribution in [0.15, 0.2) is 18.2 Å². The number of esters is 1. The fraction of sp³-hybridized carbons (Fsp3) is 0.524. The van der Waals surface area contributed by atoms with Crippen LogP contribution in [0.1, 0.15) is 67.9 Å². The van der Waals surface area contributed by atoms with E-state index in [4.69, 9.17) is 4.74 Å². The van der Waals surface area contributed by atoms with Gasteiger partial charge in [0, 0.05) is 37.7 Å². The molecule has 1 aromatic rings. The molecule has 2 atom stereocenters. The monoisotopic (exact) mass is 385 g/mol. The van der Waals surface area contributed by atoms with Crippen LogP contribution in [0.25, 0.3) is 0 Å². The summed E-state index contributed by atoms with van der Waals surface area (Å²) in [5.74, 6) is -0.311. The first-order valence-corrected chi connectivity index (χ1v) is 9.86. The van der Waals surface area contributed by atoms with Crippen molar-refractivity contribution in [1.82, 2.24) is 5.32 Å². The minimum atomic E-state index is -0.452. The Morgan fingerprint density at radius 3 is 2.64 bits per heavy atom. The number of ketones is 2. The van der Waals surface area contributed by atoms with E-state index >= 15 is 0 Å². The zero-order valence-corrected chi connectivity index (χ0v) is 16.9. The third-order valence-electron chi connectivity index (χ3n) is 4.92. The van der Waals surface area contributed by atoms with Crippen molar-refractivity contribution in [1.29, 1.82) is 0 Å². The van der Waals surface area contributed by atoms with Crippen molar-refractivity contribution in [3.05, 3.63) is 34.9 Å². The van der Waals surface area contributed by atoms with Gasteiger partial charge in [0.25, 0.3) is 0 Å². The van der Waals surface area contributed by atoms with E-state index in [2.05, 4.69) is 5.32 Å². The van der Waals surface area contributed by atoms with Gasteiger partial charge >= 0.3 is 5.97 Å². The van der Waals surface area contributed by atoms with Crippen molar-refractivity contribution in [2.24, 2.45) is 0 Å². The van der Waals surface area contributed by atoms with Gasteiger partial charge in [-0.25, -0.2) is 0 Å². The number of carbonyl (C=O) groups excluding carboxylic acids is 4. The lowest BCUT2D eigenvalue weighted by molar-refractivity contribution is -0.145. The molecule has 1 N–H and O–H groups in total. The Labute approximate surface area is 166 Å². The highest BCUT2D eigenvalue weighted by Gasteiger charge is 2.25. The maximum atomic E-state index is 12.7. The molecule has 150 valence electrons.